The van der Waals surface area contributed by atoms with Gasteiger partial charge in [-0.2, -0.15) is 0 Å². The van der Waals surface area contributed by atoms with Crippen molar-refractivity contribution in [3.05, 3.63) is 83.7 Å². The summed E-state index contributed by atoms with van der Waals surface area (Å²) in [5, 5.41) is 6.47. The summed E-state index contributed by atoms with van der Waals surface area (Å²) in [6.07, 6.45) is 9.92. The first-order valence-corrected chi connectivity index (χ1v) is 16.0. The van der Waals surface area contributed by atoms with Crippen LogP contribution in [0.5, 0.6) is 11.5 Å². The van der Waals surface area contributed by atoms with Crippen LogP contribution in [0.15, 0.2) is 66.7 Å². The standard InChI is InChI=1S/C36H42FN3O3/c1-2-6-31(24-40-19-20-40)43-35-16-14-29(22-33(35)26-9-12-28(37)13-10-26)39-36(41)27-11-15-34(42-30-17-18-38-23-30)32(21-27)25-7-4-3-5-8-25/h7,9-16,21-22,30-31,38H,2-6,8,17-20,23-24H2,1H3,(H,39,41)/p+1/t30-,31-/m0/s1. The second kappa shape index (κ2) is 13.7. The smallest absolute Gasteiger partial charge is 0.255 e. The van der Waals surface area contributed by atoms with Crippen molar-refractivity contribution in [3.8, 4) is 22.6 Å². The van der Waals surface area contributed by atoms with E-state index >= 15 is 0 Å². The fourth-order valence-corrected chi connectivity index (χ4v) is 6.10. The summed E-state index contributed by atoms with van der Waals surface area (Å²) in [7, 11) is 0. The van der Waals surface area contributed by atoms with Gasteiger partial charge in [0.05, 0.1) is 0 Å². The van der Waals surface area contributed by atoms with Crippen LogP contribution in [-0.4, -0.2) is 50.8 Å². The number of carbonyl (C=O) groups is 1. The van der Waals surface area contributed by atoms with E-state index in [4.69, 9.17) is 9.47 Å². The molecule has 0 unspecified atom stereocenters. The van der Waals surface area contributed by atoms with E-state index in [0.29, 0.717) is 11.3 Å². The largest absolute Gasteiger partial charge is 0.488 e. The third-order valence-electron chi connectivity index (χ3n) is 8.60. The number of amides is 1. The van der Waals surface area contributed by atoms with Gasteiger partial charge < -0.3 is 25.0 Å². The molecule has 3 N–H and O–H groups in total. The molecule has 2 fully saturated rings. The molecular weight excluding hydrogens is 541 g/mol. The van der Waals surface area contributed by atoms with Gasteiger partial charge in [0, 0.05) is 28.9 Å². The third-order valence-corrected chi connectivity index (χ3v) is 8.60. The fourth-order valence-electron chi connectivity index (χ4n) is 6.10. The maximum absolute atomic E-state index is 13.8. The molecule has 6 nitrogen and oxygen atoms in total. The summed E-state index contributed by atoms with van der Waals surface area (Å²) in [5.74, 6) is 1.13. The lowest BCUT2D eigenvalue weighted by atomic mass is 9.92. The van der Waals surface area contributed by atoms with E-state index in [9.17, 15) is 9.18 Å². The van der Waals surface area contributed by atoms with Crippen LogP contribution in [0.2, 0.25) is 0 Å². The second-order valence-corrected chi connectivity index (χ2v) is 12.1. The highest BCUT2D eigenvalue weighted by Crippen LogP contribution is 2.36. The number of halogens is 1. The first-order chi connectivity index (χ1) is 21.1. The normalized spacial score (nSPS) is 19.0. The molecule has 0 saturated carbocycles. The zero-order chi connectivity index (χ0) is 29.6. The number of anilines is 1. The lowest BCUT2D eigenvalue weighted by Gasteiger charge is -2.21. The number of ether oxygens (including phenoxy) is 2. The minimum absolute atomic E-state index is 0.107. The molecule has 7 heteroatoms. The lowest BCUT2D eigenvalue weighted by molar-refractivity contribution is -0.762. The van der Waals surface area contributed by atoms with E-state index < -0.39 is 0 Å². The molecule has 2 heterocycles. The zero-order valence-electron chi connectivity index (χ0n) is 25.1. The number of carbonyl (C=O) groups excluding carboxylic acids is 1. The lowest BCUT2D eigenvalue weighted by Crippen LogP contribution is -2.94. The number of hydrogen-bond acceptors (Lipinski definition) is 4. The second-order valence-electron chi connectivity index (χ2n) is 12.1. The number of nitrogens with one attached hydrogen (secondary N) is 3. The van der Waals surface area contributed by atoms with Crippen LogP contribution < -0.4 is 25.0 Å². The van der Waals surface area contributed by atoms with Crippen molar-refractivity contribution in [2.45, 2.75) is 64.1 Å². The van der Waals surface area contributed by atoms with Gasteiger partial charge in [0.15, 0.2) is 0 Å². The fraction of sp³-hybridized carbons (Fsp3) is 0.417. The molecule has 0 spiro atoms. The Balaban J connectivity index is 1.26. The summed E-state index contributed by atoms with van der Waals surface area (Å²) in [4.78, 5) is 15.2. The molecule has 0 aromatic heterocycles. The molecule has 43 heavy (non-hydrogen) atoms. The molecule has 2 atom stereocenters. The van der Waals surface area contributed by atoms with Crippen molar-refractivity contribution in [1.29, 1.82) is 0 Å². The van der Waals surface area contributed by atoms with Crippen LogP contribution in [0.25, 0.3) is 16.7 Å². The Morgan fingerprint density at radius 2 is 1.88 bits per heavy atom. The van der Waals surface area contributed by atoms with Crippen LogP contribution in [0, 0.1) is 5.82 Å². The third kappa shape index (κ3) is 7.64. The Morgan fingerprint density at radius 1 is 1.05 bits per heavy atom. The van der Waals surface area contributed by atoms with Gasteiger partial charge in [-0.15, -0.1) is 0 Å². The van der Waals surface area contributed by atoms with Crippen molar-refractivity contribution in [2.75, 3.05) is 38.0 Å². The van der Waals surface area contributed by atoms with E-state index in [1.165, 1.54) is 37.2 Å². The monoisotopic (exact) mass is 584 g/mol. The number of quaternary nitrogens is 1. The van der Waals surface area contributed by atoms with Crippen LogP contribution in [0.4, 0.5) is 10.1 Å². The first-order valence-electron chi connectivity index (χ1n) is 16.0. The summed E-state index contributed by atoms with van der Waals surface area (Å²) in [6, 6.07) is 18.0. The van der Waals surface area contributed by atoms with Crippen molar-refractivity contribution in [2.24, 2.45) is 0 Å². The topological polar surface area (TPSA) is 64.0 Å². The Kier molecular flexibility index (Phi) is 9.39. The van der Waals surface area contributed by atoms with Crippen LogP contribution >= 0.6 is 0 Å². The van der Waals surface area contributed by atoms with E-state index in [2.05, 4.69) is 23.6 Å². The van der Waals surface area contributed by atoms with E-state index in [1.807, 2.05) is 36.4 Å². The number of rotatable bonds is 12. The Labute approximate surface area is 254 Å². The highest BCUT2D eigenvalue weighted by molar-refractivity contribution is 6.05. The van der Waals surface area contributed by atoms with Crippen LogP contribution in [0.1, 0.15) is 67.8 Å². The Morgan fingerprint density at radius 3 is 2.60 bits per heavy atom. The summed E-state index contributed by atoms with van der Waals surface area (Å²) >= 11 is 0. The average Bonchev–Trinajstić information content (AvgIpc) is 3.70. The summed E-state index contributed by atoms with van der Waals surface area (Å²) in [5.41, 5.74) is 5.21. The minimum atomic E-state index is -0.287. The molecule has 0 bridgehead atoms. The predicted molar refractivity (Wildman–Crippen MR) is 169 cm³/mol. The predicted octanol–water partition coefficient (Wildman–Crippen LogP) is 5.89. The molecular formula is C36H43FN3O3+. The Bertz CT molecular complexity index is 1440. The number of benzene rings is 3. The highest BCUT2D eigenvalue weighted by atomic mass is 19.1. The Hall–Kier alpha value is -3.68. The van der Waals surface area contributed by atoms with Crippen LogP contribution in [0.3, 0.4) is 0 Å². The summed E-state index contributed by atoms with van der Waals surface area (Å²) in [6.45, 7) is 7.35. The van der Waals surface area contributed by atoms with E-state index in [1.54, 1.807) is 17.0 Å². The van der Waals surface area contributed by atoms with Gasteiger partial charge >= 0.3 is 0 Å². The molecule has 3 aromatic rings. The molecule has 3 aromatic carbocycles. The van der Waals surface area contributed by atoms with Crippen LogP contribution in [-0.2, 0) is 0 Å². The molecule has 2 saturated heterocycles. The highest BCUT2D eigenvalue weighted by Gasteiger charge is 2.28. The zero-order valence-corrected chi connectivity index (χ0v) is 25.1. The molecule has 1 aliphatic carbocycles. The van der Waals surface area contributed by atoms with Crippen molar-refractivity contribution in [1.82, 2.24) is 5.32 Å². The minimum Gasteiger partial charge on any atom is -0.488 e. The molecule has 226 valence electrons. The average molecular weight is 585 g/mol. The van der Waals surface area contributed by atoms with Crippen molar-refractivity contribution in [3.63, 3.8) is 0 Å². The van der Waals surface area contributed by atoms with E-state index in [-0.39, 0.29) is 23.9 Å². The first kappa shape index (κ1) is 29.4. The van der Waals surface area contributed by atoms with Gasteiger partial charge in [0.1, 0.15) is 49.2 Å². The van der Waals surface area contributed by atoms with E-state index in [0.717, 1.165) is 86.3 Å². The van der Waals surface area contributed by atoms with Gasteiger partial charge in [0.2, 0.25) is 0 Å². The van der Waals surface area contributed by atoms with Gasteiger partial charge in [-0.1, -0.05) is 31.6 Å². The van der Waals surface area contributed by atoms with Gasteiger partial charge in [-0.3, -0.25) is 4.79 Å². The number of allylic oxidation sites excluding steroid dienone is 2. The number of hydrogen-bond donors (Lipinski definition) is 3. The summed E-state index contributed by atoms with van der Waals surface area (Å²) < 4.78 is 26.8. The molecule has 1 amide bonds. The maximum Gasteiger partial charge on any atom is 0.255 e. The van der Waals surface area contributed by atoms with Crippen molar-refractivity contribution >= 4 is 17.2 Å². The molecule has 0 radical (unpaired) electrons. The van der Waals surface area contributed by atoms with Gasteiger partial charge in [-0.05, 0) is 105 Å². The SMILES string of the molecule is CCC[C@@H](C[NH+]1CC1)Oc1ccc(NC(=O)c2ccc(O[C@H]3CCNC3)c(C3=CCCCC3)c2)cc1-c1ccc(F)cc1. The molecule has 3 aliphatic rings. The van der Waals surface area contributed by atoms with Gasteiger partial charge in [0.25, 0.3) is 5.91 Å². The molecule has 2 aliphatic heterocycles. The van der Waals surface area contributed by atoms with Gasteiger partial charge in [-0.25, -0.2) is 4.39 Å². The quantitative estimate of drug-likeness (QED) is 0.233. The molecule has 6 rings (SSSR count). The maximum atomic E-state index is 13.8. The van der Waals surface area contributed by atoms with Crippen molar-refractivity contribution < 1.29 is 23.6 Å².